The minimum absolute atomic E-state index is 0.362. The Morgan fingerprint density at radius 3 is 2.58 bits per heavy atom. The highest BCUT2D eigenvalue weighted by Crippen LogP contribution is 2.29. The van der Waals surface area contributed by atoms with Gasteiger partial charge in [0.2, 0.25) is 0 Å². The molecule has 0 aromatic heterocycles. The Bertz CT molecular complexity index is 615. The van der Waals surface area contributed by atoms with E-state index in [2.05, 4.69) is 5.32 Å². The smallest absolute Gasteiger partial charge is 0.338 e. The third kappa shape index (κ3) is 4.85. The summed E-state index contributed by atoms with van der Waals surface area (Å²) in [5.41, 5.74) is -0.740. The lowest BCUT2D eigenvalue weighted by molar-refractivity contribution is -0.170. The molecule has 1 atom stereocenters. The Hall–Kier alpha value is -1.30. The van der Waals surface area contributed by atoms with Crippen molar-refractivity contribution in [3.05, 3.63) is 33.8 Å². The topological polar surface area (TPSA) is 75.6 Å². The number of aliphatic hydroxyl groups is 1. The summed E-state index contributed by atoms with van der Waals surface area (Å²) >= 11 is 11.9. The van der Waals surface area contributed by atoms with E-state index < -0.39 is 24.1 Å². The zero-order chi connectivity index (χ0) is 17.7. The van der Waals surface area contributed by atoms with Crippen LogP contribution in [0.25, 0.3) is 0 Å². The van der Waals surface area contributed by atoms with Crippen molar-refractivity contribution in [3.8, 4) is 0 Å². The fourth-order valence-corrected chi connectivity index (χ4v) is 3.39. The molecule has 1 saturated carbocycles. The number of hydrogen-bond acceptors (Lipinski definition) is 4. The highest BCUT2D eigenvalue weighted by atomic mass is 35.5. The molecule has 1 aromatic rings. The van der Waals surface area contributed by atoms with E-state index >= 15 is 0 Å². The molecule has 2 rings (SSSR count). The second kappa shape index (κ2) is 8.19. The maximum Gasteiger partial charge on any atom is 0.338 e. The average molecular weight is 374 g/mol. The molecule has 0 bridgehead atoms. The van der Waals surface area contributed by atoms with Crippen molar-refractivity contribution in [2.75, 3.05) is 6.61 Å². The van der Waals surface area contributed by atoms with E-state index in [-0.39, 0.29) is 6.04 Å². The van der Waals surface area contributed by atoms with Gasteiger partial charge in [0.05, 0.1) is 6.04 Å². The molecule has 0 spiro atoms. The van der Waals surface area contributed by atoms with Crippen LogP contribution in [0, 0.1) is 0 Å². The molecule has 0 aliphatic heterocycles. The summed E-state index contributed by atoms with van der Waals surface area (Å²) in [5.74, 6) is -1.18. The first-order valence-corrected chi connectivity index (χ1v) is 8.71. The minimum atomic E-state index is -1.45. The molecule has 2 N–H and O–H groups in total. The molecule has 132 valence electrons. The first-order chi connectivity index (χ1) is 11.3. The molecule has 0 radical (unpaired) electrons. The van der Waals surface area contributed by atoms with Gasteiger partial charge < -0.3 is 15.2 Å². The van der Waals surface area contributed by atoms with Crippen molar-refractivity contribution in [2.24, 2.45) is 0 Å². The van der Waals surface area contributed by atoms with Crippen molar-refractivity contribution in [2.45, 2.75) is 50.7 Å². The SMILES string of the molecule is CC(NC(=O)COC(=O)C1(O)CCCCC1)c1ccc(Cl)cc1Cl. The van der Waals surface area contributed by atoms with E-state index in [4.69, 9.17) is 27.9 Å². The third-order valence-corrected chi connectivity index (χ3v) is 4.76. The molecular weight excluding hydrogens is 353 g/mol. The third-order valence-electron chi connectivity index (χ3n) is 4.20. The van der Waals surface area contributed by atoms with Gasteiger partial charge in [0.1, 0.15) is 0 Å². The summed E-state index contributed by atoms with van der Waals surface area (Å²) < 4.78 is 4.98. The van der Waals surface area contributed by atoms with E-state index in [1.165, 1.54) is 0 Å². The lowest BCUT2D eigenvalue weighted by Gasteiger charge is -2.29. The second-order valence-corrected chi connectivity index (χ2v) is 6.97. The summed E-state index contributed by atoms with van der Waals surface area (Å²) in [4.78, 5) is 23.9. The number of halogens is 2. The average Bonchev–Trinajstić information content (AvgIpc) is 2.53. The number of ether oxygens (including phenoxy) is 1. The van der Waals surface area contributed by atoms with Crippen LogP contribution in [0.5, 0.6) is 0 Å². The predicted molar refractivity (Wildman–Crippen MR) is 92.0 cm³/mol. The molecule has 24 heavy (non-hydrogen) atoms. The zero-order valence-corrected chi connectivity index (χ0v) is 15.0. The van der Waals surface area contributed by atoms with Crippen LogP contribution in [0.3, 0.4) is 0 Å². The Morgan fingerprint density at radius 1 is 1.29 bits per heavy atom. The van der Waals surface area contributed by atoms with Crippen molar-refractivity contribution in [1.29, 1.82) is 0 Å². The van der Waals surface area contributed by atoms with Gasteiger partial charge >= 0.3 is 5.97 Å². The molecule has 1 amide bonds. The van der Waals surface area contributed by atoms with Gasteiger partial charge in [-0.05, 0) is 50.3 Å². The van der Waals surface area contributed by atoms with Crippen LogP contribution in [0.2, 0.25) is 10.0 Å². The van der Waals surface area contributed by atoms with Gasteiger partial charge in [-0.25, -0.2) is 4.79 Å². The maximum absolute atomic E-state index is 12.0. The van der Waals surface area contributed by atoms with Crippen LogP contribution in [0.1, 0.15) is 50.6 Å². The van der Waals surface area contributed by atoms with Crippen LogP contribution in [0.4, 0.5) is 0 Å². The summed E-state index contributed by atoms with van der Waals surface area (Å²) in [5, 5.41) is 13.9. The first kappa shape index (κ1) is 19.0. The largest absolute Gasteiger partial charge is 0.453 e. The Morgan fingerprint density at radius 2 is 1.96 bits per heavy atom. The van der Waals surface area contributed by atoms with Crippen LogP contribution in [-0.2, 0) is 14.3 Å². The number of rotatable bonds is 5. The first-order valence-electron chi connectivity index (χ1n) is 7.96. The van der Waals surface area contributed by atoms with Gasteiger partial charge in [0, 0.05) is 10.0 Å². The number of amides is 1. The van der Waals surface area contributed by atoms with E-state index in [0.717, 1.165) is 19.3 Å². The lowest BCUT2D eigenvalue weighted by atomic mass is 9.85. The van der Waals surface area contributed by atoms with Crippen LogP contribution in [-0.4, -0.2) is 29.2 Å². The zero-order valence-electron chi connectivity index (χ0n) is 13.5. The molecule has 1 aliphatic carbocycles. The molecular formula is C17H21Cl2NO4. The van der Waals surface area contributed by atoms with E-state index in [1.807, 2.05) is 0 Å². The van der Waals surface area contributed by atoms with E-state index in [9.17, 15) is 14.7 Å². The summed E-state index contributed by atoms with van der Waals surface area (Å²) in [6.45, 7) is 1.33. The quantitative estimate of drug-likeness (QED) is 0.775. The molecule has 1 fully saturated rings. The summed E-state index contributed by atoms with van der Waals surface area (Å²) in [6, 6.07) is 4.65. The van der Waals surface area contributed by atoms with Crippen LogP contribution in [0.15, 0.2) is 18.2 Å². The van der Waals surface area contributed by atoms with Gasteiger partial charge in [0.25, 0.3) is 5.91 Å². The summed E-state index contributed by atoms with van der Waals surface area (Å²) in [6.07, 6.45) is 3.32. The van der Waals surface area contributed by atoms with Gasteiger partial charge in [-0.2, -0.15) is 0 Å². The van der Waals surface area contributed by atoms with Gasteiger partial charge in [0.15, 0.2) is 12.2 Å². The molecule has 0 heterocycles. The fraction of sp³-hybridized carbons (Fsp3) is 0.529. The van der Waals surface area contributed by atoms with Gasteiger partial charge in [-0.3, -0.25) is 4.79 Å². The molecule has 1 unspecified atom stereocenters. The number of carbonyl (C=O) groups excluding carboxylic acids is 2. The van der Waals surface area contributed by atoms with Crippen molar-refractivity contribution in [3.63, 3.8) is 0 Å². The molecule has 5 nitrogen and oxygen atoms in total. The monoisotopic (exact) mass is 373 g/mol. The normalized spacial score (nSPS) is 17.8. The number of hydrogen-bond donors (Lipinski definition) is 2. The van der Waals surface area contributed by atoms with E-state index in [0.29, 0.717) is 28.5 Å². The number of benzene rings is 1. The van der Waals surface area contributed by atoms with Crippen LogP contribution >= 0.6 is 23.2 Å². The van der Waals surface area contributed by atoms with Crippen molar-refractivity contribution in [1.82, 2.24) is 5.32 Å². The number of esters is 1. The standard InChI is InChI=1S/C17H21Cl2NO4/c1-11(13-6-5-12(18)9-14(13)19)20-15(21)10-24-16(22)17(23)7-3-2-4-8-17/h5-6,9,11,23H,2-4,7-8,10H2,1H3,(H,20,21). The molecule has 7 heteroatoms. The van der Waals surface area contributed by atoms with Crippen LogP contribution < -0.4 is 5.32 Å². The summed E-state index contributed by atoms with van der Waals surface area (Å²) in [7, 11) is 0. The Kier molecular flexibility index (Phi) is 6.49. The molecule has 1 aliphatic rings. The number of nitrogens with one attached hydrogen (secondary N) is 1. The Balaban J connectivity index is 1.85. The van der Waals surface area contributed by atoms with E-state index in [1.54, 1.807) is 25.1 Å². The minimum Gasteiger partial charge on any atom is -0.453 e. The van der Waals surface area contributed by atoms with Crippen molar-refractivity contribution < 1.29 is 19.4 Å². The fourth-order valence-electron chi connectivity index (χ4n) is 2.82. The predicted octanol–water partition coefficient (Wildman–Crippen LogP) is 3.41. The molecule has 1 aromatic carbocycles. The van der Waals surface area contributed by atoms with Crippen molar-refractivity contribution >= 4 is 35.1 Å². The maximum atomic E-state index is 12.0. The number of carbonyl (C=O) groups is 2. The highest BCUT2D eigenvalue weighted by molar-refractivity contribution is 6.35. The second-order valence-electron chi connectivity index (χ2n) is 6.12. The van der Waals surface area contributed by atoms with Gasteiger partial charge in [-0.1, -0.05) is 35.7 Å². The highest BCUT2D eigenvalue weighted by Gasteiger charge is 2.38. The molecule has 0 saturated heterocycles. The Labute approximate surface area is 151 Å². The lowest BCUT2D eigenvalue weighted by Crippen LogP contribution is -2.43. The van der Waals surface area contributed by atoms with Gasteiger partial charge in [-0.15, -0.1) is 0 Å².